The average molecular weight is 383 g/mol. The first-order chi connectivity index (χ1) is 13.5. The Morgan fingerprint density at radius 1 is 1.14 bits per heavy atom. The molecule has 5 nitrogen and oxygen atoms in total. The van der Waals surface area contributed by atoms with Gasteiger partial charge in [-0.2, -0.15) is 5.10 Å². The number of carbonyl (C=O) groups excluding carboxylic acids is 1. The minimum Gasteiger partial charge on any atom is -0.487 e. The van der Waals surface area contributed by atoms with Crippen molar-refractivity contribution in [1.29, 1.82) is 0 Å². The van der Waals surface area contributed by atoms with Crippen LogP contribution in [0.3, 0.4) is 0 Å². The third-order valence-electron chi connectivity index (χ3n) is 4.72. The topological polar surface area (TPSA) is 47.4 Å². The fourth-order valence-corrected chi connectivity index (χ4v) is 3.24. The number of aromatic nitrogens is 2. The summed E-state index contributed by atoms with van der Waals surface area (Å²) in [5, 5.41) is 4.49. The van der Waals surface area contributed by atoms with Crippen LogP contribution in [0.15, 0.2) is 48.5 Å². The monoisotopic (exact) mass is 383 g/mol. The van der Waals surface area contributed by atoms with E-state index >= 15 is 0 Å². The summed E-state index contributed by atoms with van der Waals surface area (Å²) >= 11 is 0. The molecule has 4 rings (SSSR count). The third-order valence-corrected chi connectivity index (χ3v) is 4.72. The standard InChI is InChI=1S/C21H19F2N3O2/c1-14-9-15(5-6-20(14)23)21(27)25-7-8-26-18(12-25)11-17(24-26)13-28-19-4-2-3-16(22)10-19/h2-6,9-11H,7-8,12-13H2,1H3. The Labute approximate surface area is 161 Å². The Balaban J connectivity index is 1.44. The number of hydrogen-bond acceptors (Lipinski definition) is 3. The number of ether oxygens (including phenoxy) is 1. The molecule has 0 atom stereocenters. The zero-order chi connectivity index (χ0) is 19.7. The average Bonchev–Trinajstić information content (AvgIpc) is 3.10. The van der Waals surface area contributed by atoms with Crippen LogP contribution in [0.4, 0.5) is 8.78 Å². The van der Waals surface area contributed by atoms with Gasteiger partial charge >= 0.3 is 0 Å². The van der Waals surface area contributed by atoms with Crippen molar-refractivity contribution in [2.24, 2.45) is 0 Å². The van der Waals surface area contributed by atoms with Gasteiger partial charge < -0.3 is 9.64 Å². The molecule has 1 aromatic heterocycles. The van der Waals surface area contributed by atoms with Gasteiger partial charge in [-0.05, 0) is 48.9 Å². The van der Waals surface area contributed by atoms with Gasteiger partial charge in [-0.3, -0.25) is 9.48 Å². The number of fused-ring (bicyclic) bond motifs is 1. The number of rotatable bonds is 4. The molecule has 1 aliphatic rings. The molecule has 0 bridgehead atoms. The van der Waals surface area contributed by atoms with Crippen LogP contribution in [0.5, 0.6) is 5.75 Å². The van der Waals surface area contributed by atoms with Gasteiger partial charge in [-0.15, -0.1) is 0 Å². The number of aryl methyl sites for hydroxylation is 1. The predicted molar refractivity (Wildman–Crippen MR) is 98.8 cm³/mol. The van der Waals surface area contributed by atoms with Crippen LogP contribution in [-0.2, 0) is 19.7 Å². The molecule has 28 heavy (non-hydrogen) atoms. The Morgan fingerprint density at radius 2 is 2.00 bits per heavy atom. The van der Waals surface area contributed by atoms with Gasteiger partial charge in [0.1, 0.15) is 29.7 Å². The molecule has 2 heterocycles. The lowest BCUT2D eigenvalue weighted by Gasteiger charge is -2.27. The molecular formula is C21H19F2N3O2. The van der Waals surface area contributed by atoms with Gasteiger partial charge in [-0.25, -0.2) is 8.78 Å². The second-order valence-electron chi connectivity index (χ2n) is 6.79. The lowest BCUT2D eigenvalue weighted by atomic mass is 10.1. The van der Waals surface area contributed by atoms with E-state index in [-0.39, 0.29) is 24.1 Å². The van der Waals surface area contributed by atoms with Crippen LogP contribution in [0, 0.1) is 18.6 Å². The van der Waals surface area contributed by atoms with E-state index < -0.39 is 0 Å². The van der Waals surface area contributed by atoms with Crippen LogP contribution < -0.4 is 4.74 Å². The van der Waals surface area contributed by atoms with E-state index in [1.807, 2.05) is 10.7 Å². The first kappa shape index (κ1) is 18.2. The molecular weight excluding hydrogens is 364 g/mol. The van der Waals surface area contributed by atoms with E-state index in [2.05, 4.69) is 5.10 Å². The van der Waals surface area contributed by atoms with E-state index in [1.54, 1.807) is 30.0 Å². The van der Waals surface area contributed by atoms with Crippen LogP contribution in [-0.4, -0.2) is 27.1 Å². The first-order valence-electron chi connectivity index (χ1n) is 8.99. The van der Waals surface area contributed by atoms with Gasteiger partial charge in [0.25, 0.3) is 5.91 Å². The molecule has 0 unspecified atom stereocenters. The molecule has 1 amide bonds. The Bertz CT molecular complexity index is 1030. The molecule has 2 aromatic carbocycles. The fraction of sp³-hybridized carbons (Fsp3) is 0.238. The smallest absolute Gasteiger partial charge is 0.254 e. The molecule has 0 spiro atoms. The van der Waals surface area contributed by atoms with E-state index in [0.29, 0.717) is 42.2 Å². The SMILES string of the molecule is Cc1cc(C(=O)N2CCn3nc(COc4cccc(F)c4)cc3C2)ccc1F. The quantitative estimate of drug-likeness (QED) is 0.690. The highest BCUT2D eigenvalue weighted by Gasteiger charge is 2.23. The predicted octanol–water partition coefficient (Wildman–Crippen LogP) is 3.70. The maximum atomic E-state index is 13.5. The fourth-order valence-electron chi connectivity index (χ4n) is 3.24. The van der Waals surface area contributed by atoms with Crippen molar-refractivity contribution in [2.45, 2.75) is 26.6 Å². The zero-order valence-electron chi connectivity index (χ0n) is 15.4. The van der Waals surface area contributed by atoms with Gasteiger partial charge in [0, 0.05) is 18.2 Å². The maximum Gasteiger partial charge on any atom is 0.254 e. The summed E-state index contributed by atoms with van der Waals surface area (Å²) < 4.78 is 34.1. The van der Waals surface area contributed by atoms with Crippen molar-refractivity contribution in [2.75, 3.05) is 6.54 Å². The number of benzene rings is 2. The van der Waals surface area contributed by atoms with Gasteiger partial charge in [-0.1, -0.05) is 6.07 Å². The highest BCUT2D eigenvalue weighted by atomic mass is 19.1. The van der Waals surface area contributed by atoms with Crippen LogP contribution >= 0.6 is 0 Å². The summed E-state index contributed by atoms with van der Waals surface area (Å²) in [6.07, 6.45) is 0. The highest BCUT2D eigenvalue weighted by Crippen LogP contribution is 2.19. The molecule has 0 saturated heterocycles. The van der Waals surface area contributed by atoms with Gasteiger partial charge in [0.2, 0.25) is 0 Å². The molecule has 0 radical (unpaired) electrons. The van der Waals surface area contributed by atoms with Crippen molar-refractivity contribution in [3.8, 4) is 5.75 Å². The summed E-state index contributed by atoms with van der Waals surface area (Å²) in [6.45, 7) is 3.37. The van der Waals surface area contributed by atoms with E-state index in [4.69, 9.17) is 4.74 Å². The molecule has 1 aliphatic heterocycles. The van der Waals surface area contributed by atoms with Gasteiger partial charge in [0.05, 0.1) is 18.8 Å². The largest absolute Gasteiger partial charge is 0.487 e. The van der Waals surface area contributed by atoms with Crippen LogP contribution in [0.2, 0.25) is 0 Å². The van der Waals surface area contributed by atoms with E-state index in [9.17, 15) is 13.6 Å². The Morgan fingerprint density at radius 3 is 2.79 bits per heavy atom. The molecule has 144 valence electrons. The minimum atomic E-state index is -0.355. The van der Waals surface area contributed by atoms with E-state index in [1.165, 1.54) is 24.3 Å². The lowest BCUT2D eigenvalue weighted by molar-refractivity contribution is 0.0706. The number of hydrogen-bond donors (Lipinski definition) is 0. The maximum absolute atomic E-state index is 13.5. The highest BCUT2D eigenvalue weighted by molar-refractivity contribution is 5.94. The number of nitrogens with zero attached hydrogens (tertiary/aromatic N) is 3. The van der Waals surface area contributed by atoms with Crippen molar-refractivity contribution in [3.63, 3.8) is 0 Å². The number of carbonyl (C=O) groups is 1. The second-order valence-corrected chi connectivity index (χ2v) is 6.79. The van der Waals surface area contributed by atoms with Crippen molar-refractivity contribution < 1.29 is 18.3 Å². The van der Waals surface area contributed by atoms with Crippen molar-refractivity contribution in [3.05, 3.63) is 82.7 Å². The Kier molecular flexibility index (Phi) is 4.81. The number of amides is 1. The van der Waals surface area contributed by atoms with E-state index in [0.717, 1.165) is 5.69 Å². The molecule has 0 N–H and O–H groups in total. The van der Waals surface area contributed by atoms with Crippen molar-refractivity contribution >= 4 is 5.91 Å². The molecule has 0 aliphatic carbocycles. The summed E-state index contributed by atoms with van der Waals surface area (Å²) in [4.78, 5) is 14.5. The number of halogens is 2. The first-order valence-corrected chi connectivity index (χ1v) is 8.99. The summed E-state index contributed by atoms with van der Waals surface area (Å²) in [6, 6.07) is 12.2. The third kappa shape index (κ3) is 3.74. The molecule has 7 heteroatoms. The molecule has 0 fully saturated rings. The molecule has 0 saturated carbocycles. The zero-order valence-corrected chi connectivity index (χ0v) is 15.4. The van der Waals surface area contributed by atoms with Crippen LogP contribution in [0.25, 0.3) is 0 Å². The van der Waals surface area contributed by atoms with Crippen molar-refractivity contribution in [1.82, 2.24) is 14.7 Å². The second kappa shape index (κ2) is 7.42. The minimum absolute atomic E-state index is 0.131. The Hall–Kier alpha value is -3.22. The summed E-state index contributed by atoms with van der Waals surface area (Å²) in [5.74, 6) is -0.370. The summed E-state index contributed by atoms with van der Waals surface area (Å²) in [5.41, 5.74) is 2.54. The molecule has 3 aromatic rings. The summed E-state index contributed by atoms with van der Waals surface area (Å²) in [7, 11) is 0. The normalized spacial score (nSPS) is 13.3. The lowest BCUT2D eigenvalue weighted by Crippen LogP contribution is -2.38. The van der Waals surface area contributed by atoms with Gasteiger partial charge in [0.15, 0.2) is 0 Å². The van der Waals surface area contributed by atoms with Crippen LogP contribution in [0.1, 0.15) is 27.3 Å².